The third kappa shape index (κ3) is 4.59. The van der Waals surface area contributed by atoms with Gasteiger partial charge in [-0.1, -0.05) is 6.07 Å². The molecule has 3 aromatic rings. The molecule has 2 heterocycles. The first-order valence-corrected chi connectivity index (χ1v) is 8.88. The zero-order valence-corrected chi connectivity index (χ0v) is 15.2. The molecule has 0 aliphatic rings. The second-order valence-corrected chi connectivity index (χ2v) is 6.69. The van der Waals surface area contributed by atoms with Crippen molar-refractivity contribution < 1.29 is 14.4 Å². The van der Waals surface area contributed by atoms with Crippen LogP contribution in [0.5, 0.6) is 0 Å². The van der Waals surface area contributed by atoms with E-state index >= 15 is 0 Å². The monoisotopic (exact) mass is 383 g/mol. The Morgan fingerprint density at radius 1 is 1.15 bits per heavy atom. The van der Waals surface area contributed by atoms with Gasteiger partial charge in [0.05, 0.1) is 11.3 Å². The zero-order chi connectivity index (χ0) is 19.4. The Bertz CT molecular complexity index is 977. The summed E-state index contributed by atoms with van der Waals surface area (Å²) in [6, 6.07) is 11.5. The van der Waals surface area contributed by atoms with Crippen molar-refractivity contribution in [3.05, 3.63) is 58.4 Å². The number of ketones is 1. The Balaban J connectivity index is 1.62. The van der Waals surface area contributed by atoms with Gasteiger partial charge in [-0.15, -0.1) is 11.3 Å². The van der Waals surface area contributed by atoms with Crippen LogP contribution in [0.4, 0.5) is 17.2 Å². The number of nitrogens with zero attached hydrogens (tertiary/aromatic N) is 2. The van der Waals surface area contributed by atoms with E-state index in [1.54, 1.807) is 48.8 Å². The molecule has 0 fully saturated rings. The van der Waals surface area contributed by atoms with E-state index in [2.05, 4.69) is 15.7 Å². The van der Waals surface area contributed by atoms with Gasteiger partial charge < -0.3 is 16.4 Å². The van der Waals surface area contributed by atoms with E-state index in [0.29, 0.717) is 22.1 Å². The van der Waals surface area contributed by atoms with Crippen LogP contribution < -0.4 is 16.4 Å². The summed E-state index contributed by atoms with van der Waals surface area (Å²) in [7, 11) is 1.61. The minimum atomic E-state index is -0.459. The van der Waals surface area contributed by atoms with Crippen LogP contribution >= 0.6 is 11.3 Å². The Morgan fingerprint density at radius 2 is 1.89 bits per heavy atom. The number of aryl methyl sites for hydroxylation is 1. The van der Waals surface area contributed by atoms with Gasteiger partial charge in [0.25, 0.3) is 5.91 Å². The summed E-state index contributed by atoms with van der Waals surface area (Å²) in [4.78, 5) is 37.0. The molecule has 8 nitrogen and oxygen atoms in total. The molecule has 0 spiro atoms. The maximum Gasteiger partial charge on any atom is 0.266 e. The van der Waals surface area contributed by atoms with E-state index < -0.39 is 11.7 Å². The molecule has 0 atom stereocenters. The minimum Gasteiger partial charge on any atom is -0.399 e. The van der Waals surface area contributed by atoms with Gasteiger partial charge in [-0.05, 0) is 35.7 Å². The molecule has 4 N–H and O–H groups in total. The summed E-state index contributed by atoms with van der Waals surface area (Å²) in [5, 5.41) is 11.2. The fourth-order valence-corrected chi connectivity index (χ4v) is 2.93. The van der Waals surface area contributed by atoms with Gasteiger partial charge in [0.1, 0.15) is 11.5 Å². The highest BCUT2D eigenvalue weighted by Gasteiger charge is 2.18. The first-order valence-electron chi connectivity index (χ1n) is 8.00. The predicted molar refractivity (Wildman–Crippen MR) is 104 cm³/mol. The molecule has 0 aliphatic carbocycles. The average molecular weight is 383 g/mol. The molecule has 0 aliphatic heterocycles. The van der Waals surface area contributed by atoms with Crippen molar-refractivity contribution in [2.24, 2.45) is 7.05 Å². The maximum atomic E-state index is 12.3. The van der Waals surface area contributed by atoms with Gasteiger partial charge in [-0.3, -0.25) is 19.1 Å². The number of thiophene rings is 1. The van der Waals surface area contributed by atoms with Gasteiger partial charge in [-0.25, -0.2) is 0 Å². The Morgan fingerprint density at radius 3 is 2.56 bits per heavy atom. The topological polar surface area (TPSA) is 119 Å². The minimum absolute atomic E-state index is 0.103. The molecular weight excluding hydrogens is 366 g/mol. The summed E-state index contributed by atoms with van der Waals surface area (Å²) < 4.78 is 1.39. The normalized spacial score (nSPS) is 10.4. The molecule has 138 valence electrons. The summed E-state index contributed by atoms with van der Waals surface area (Å²) in [5.74, 6) is -0.821. The van der Waals surface area contributed by atoms with E-state index in [1.165, 1.54) is 22.1 Å². The molecule has 0 radical (unpaired) electrons. The molecule has 0 saturated carbocycles. The molecule has 2 aromatic heterocycles. The largest absolute Gasteiger partial charge is 0.399 e. The molecule has 3 rings (SSSR count). The standard InChI is InChI=1S/C18H17N5O3S/c1-23-16(21-18(26)15-3-2-8-27-15)9-13(22-23)14(24)10-17(25)20-12-6-4-11(19)5-7-12/h2-9H,10,19H2,1H3,(H,20,25)(H,21,26). The van der Waals surface area contributed by atoms with E-state index in [-0.39, 0.29) is 18.0 Å². The van der Waals surface area contributed by atoms with E-state index in [1.807, 2.05) is 0 Å². The number of nitrogens with two attached hydrogens (primary N) is 1. The van der Waals surface area contributed by atoms with Crippen LogP contribution in [0, 0.1) is 0 Å². The number of benzene rings is 1. The van der Waals surface area contributed by atoms with Crippen molar-refractivity contribution in [1.82, 2.24) is 9.78 Å². The summed E-state index contributed by atoms with van der Waals surface area (Å²) in [5.41, 5.74) is 6.82. The lowest BCUT2D eigenvalue weighted by Gasteiger charge is -2.04. The van der Waals surface area contributed by atoms with Crippen LogP contribution in [-0.2, 0) is 11.8 Å². The van der Waals surface area contributed by atoms with Gasteiger partial charge in [-0.2, -0.15) is 5.10 Å². The predicted octanol–water partition coefficient (Wildman–Crippen LogP) is 2.53. The van der Waals surface area contributed by atoms with Gasteiger partial charge in [0, 0.05) is 24.5 Å². The summed E-state index contributed by atoms with van der Waals surface area (Å²) in [6.45, 7) is 0. The highest BCUT2D eigenvalue weighted by molar-refractivity contribution is 7.12. The number of carbonyl (C=O) groups is 3. The van der Waals surface area contributed by atoms with Crippen molar-refractivity contribution in [2.45, 2.75) is 6.42 Å². The lowest BCUT2D eigenvalue weighted by molar-refractivity contribution is -0.115. The average Bonchev–Trinajstić information content (AvgIpc) is 3.27. The summed E-state index contributed by atoms with van der Waals surface area (Å²) in [6.07, 6.45) is -0.361. The molecule has 27 heavy (non-hydrogen) atoms. The first-order chi connectivity index (χ1) is 12.9. The second kappa shape index (κ2) is 7.83. The Labute approximate surface area is 159 Å². The molecule has 9 heteroatoms. The van der Waals surface area contributed by atoms with Crippen molar-refractivity contribution in [2.75, 3.05) is 16.4 Å². The van der Waals surface area contributed by atoms with Crippen LogP contribution in [0.3, 0.4) is 0 Å². The van der Waals surface area contributed by atoms with Crippen LogP contribution in [0.15, 0.2) is 47.8 Å². The van der Waals surface area contributed by atoms with Crippen molar-refractivity contribution >= 4 is 46.1 Å². The number of amides is 2. The SMILES string of the molecule is Cn1nc(C(=O)CC(=O)Nc2ccc(N)cc2)cc1NC(=O)c1cccs1. The third-order valence-electron chi connectivity index (χ3n) is 3.67. The Hall–Kier alpha value is -3.46. The Kier molecular flexibility index (Phi) is 5.32. The number of hydrogen-bond acceptors (Lipinski definition) is 6. The quantitative estimate of drug-likeness (QED) is 0.343. The molecule has 0 unspecified atom stereocenters. The van der Waals surface area contributed by atoms with Gasteiger partial charge >= 0.3 is 0 Å². The maximum absolute atomic E-state index is 12.3. The highest BCUT2D eigenvalue weighted by atomic mass is 32.1. The fourth-order valence-electron chi connectivity index (χ4n) is 2.31. The molecule has 0 saturated heterocycles. The lowest BCUT2D eigenvalue weighted by atomic mass is 10.2. The lowest BCUT2D eigenvalue weighted by Crippen LogP contribution is -2.17. The fraction of sp³-hybridized carbons (Fsp3) is 0.111. The van der Waals surface area contributed by atoms with E-state index in [0.717, 1.165) is 0 Å². The molecular formula is C18H17N5O3S. The molecule has 2 amide bonds. The summed E-state index contributed by atoms with van der Waals surface area (Å²) >= 11 is 1.31. The number of nitrogens with one attached hydrogen (secondary N) is 2. The van der Waals surface area contributed by atoms with Gasteiger partial charge in [0.15, 0.2) is 5.78 Å². The number of aromatic nitrogens is 2. The van der Waals surface area contributed by atoms with Crippen molar-refractivity contribution in [3.8, 4) is 0 Å². The van der Waals surface area contributed by atoms with Crippen molar-refractivity contribution in [1.29, 1.82) is 0 Å². The number of anilines is 3. The van der Waals surface area contributed by atoms with E-state index in [4.69, 9.17) is 5.73 Å². The molecule has 0 bridgehead atoms. The first kappa shape index (κ1) is 18.3. The third-order valence-corrected chi connectivity index (χ3v) is 4.54. The number of hydrogen-bond donors (Lipinski definition) is 3. The van der Waals surface area contributed by atoms with Crippen LogP contribution in [0.2, 0.25) is 0 Å². The van der Waals surface area contributed by atoms with Crippen molar-refractivity contribution in [3.63, 3.8) is 0 Å². The molecule has 1 aromatic carbocycles. The van der Waals surface area contributed by atoms with Gasteiger partial charge in [0.2, 0.25) is 5.91 Å². The number of nitrogen functional groups attached to an aromatic ring is 1. The smallest absolute Gasteiger partial charge is 0.266 e. The van der Waals surface area contributed by atoms with Crippen LogP contribution in [0.25, 0.3) is 0 Å². The second-order valence-electron chi connectivity index (χ2n) is 5.74. The number of carbonyl (C=O) groups excluding carboxylic acids is 3. The zero-order valence-electron chi connectivity index (χ0n) is 14.4. The van der Waals surface area contributed by atoms with E-state index in [9.17, 15) is 14.4 Å². The highest BCUT2D eigenvalue weighted by Crippen LogP contribution is 2.16. The van der Waals surface area contributed by atoms with Crippen LogP contribution in [0.1, 0.15) is 26.6 Å². The number of Topliss-reactive ketones (excluding diaryl/α,β-unsaturated/α-hetero) is 1. The van der Waals surface area contributed by atoms with Crippen LogP contribution in [-0.4, -0.2) is 27.4 Å². The number of rotatable bonds is 6.